The molecule has 0 bridgehead atoms. The second-order valence-electron chi connectivity index (χ2n) is 12.2. The average molecular weight is 735 g/mol. The third-order valence-corrected chi connectivity index (χ3v) is 9.40. The number of fused-ring (bicyclic) bond motifs is 1. The number of carbonyl (C=O) groups excluding carboxylic acids is 4. The van der Waals surface area contributed by atoms with E-state index >= 15 is 0 Å². The summed E-state index contributed by atoms with van der Waals surface area (Å²) in [7, 11) is -2.58. The third kappa shape index (κ3) is 9.22. The van der Waals surface area contributed by atoms with E-state index < -0.39 is 52.4 Å². The summed E-state index contributed by atoms with van der Waals surface area (Å²) in [4.78, 5) is 50.7. The summed E-state index contributed by atoms with van der Waals surface area (Å²) < 4.78 is 52.1. The van der Waals surface area contributed by atoms with E-state index in [0.717, 1.165) is 29.5 Å². The molecule has 15 heteroatoms. The Kier molecular flexibility index (Phi) is 11.8. The van der Waals surface area contributed by atoms with E-state index in [1.165, 1.54) is 37.4 Å². The zero-order valence-corrected chi connectivity index (χ0v) is 29.6. The molecular weight excluding hydrogens is 695 g/mol. The van der Waals surface area contributed by atoms with Gasteiger partial charge in [-0.1, -0.05) is 18.2 Å². The number of halogens is 1. The number of rotatable bonds is 16. The molecule has 1 heterocycles. The van der Waals surface area contributed by atoms with Gasteiger partial charge in [0.05, 0.1) is 24.1 Å². The number of anilines is 1. The van der Waals surface area contributed by atoms with Crippen LogP contribution >= 0.6 is 0 Å². The molecule has 0 spiro atoms. The lowest BCUT2D eigenvalue weighted by Crippen LogP contribution is -2.44. The van der Waals surface area contributed by atoms with Gasteiger partial charge < -0.3 is 30.2 Å². The maximum atomic E-state index is 13.7. The van der Waals surface area contributed by atoms with Crippen LogP contribution in [0.5, 0.6) is 0 Å². The fourth-order valence-electron chi connectivity index (χ4n) is 5.57. The summed E-state index contributed by atoms with van der Waals surface area (Å²) in [5.41, 5.74) is 2.63. The Bertz CT molecular complexity index is 2140. The molecule has 1 aliphatic rings. The van der Waals surface area contributed by atoms with Crippen molar-refractivity contribution >= 4 is 55.9 Å². The van der Waals surface area contributed by atoms with Crippen molar-refractivity contribution in [2.45, 2.75) is 32.2 Å². The summed E-state index contributed by atoms with van der Waals surface area (Å²) in [6, 6.07) is 15.2. The first-order valence-electron chi connectivity index (χ1n) is 16.5. The van der Waals surface area contributed by atoms with Gasteiger partial charge in [0.25, 0.3) is 5.91 Å². The number of ether oxygens (including phenoxy) is 1. The Balaban J connectivity index is 1.31. The Morgan fingerprint density at radius 2 is 1.77 bits per heavy atom. The van der Waals surface area contributed by atoms with Crippen LogP contribution in [-0.4, -0.2) is 76.6 Å². The van der Waals surface area contributed by atoms with Crippen LogP contribution in [0.1, 0.15) is 52.7 Å². The lowest BCUT2D eigenvalue weighted by molar-refractivity contribution is -0.125. The predicted molar refractivity (Wildman–Crippen MR) is 193 cm³/mol. The molecule has 0 unspecified atom stereocenters. The van der Waals surface area contributed by atoms with Crippen molar-refractivity contribution in [2.75, 3.05) is 43.9 Å². The largest absolute Gasteiger partial charge is 0.507 e. The summed E-state index contributed by atoms with van der Waals surface area (Å²) in [6.45, 7) is 0.906. The zero-order chi connectivity index (χ0) is 37.6. The molecule has 0 radical (unpaired) electrons. The summed E-state index contributed by atoms with van der Waals surface area (Å²) >= 11 is 0. The van der Waals surface area contributed by atoms with E-state index in [0.29, 0.717) is 34.2 Å². The maximum Gasteiger partial charge on any atom is 0.255 e. The number of hydrogen-bond acceptors (Lipinski definition) is 9. The normalized spacial score (nSPS) is 13.1. The van der Waals surface area contributed by atoms with Crippen molar-refractivity contribution in [3.63, 3.8) is 0 Å². The van der Waals surface area contributed by atoms with Gasteiger partial charge in [-0.2, -0.15) is 0 Å². The molecule has 0 aliphatic heterocycles. The van der Waals surface area contributed by atoms with Gasteiger partial charge in [0.2, 0.25) is 21.8 Å². The number of benzene rings is 3. The number of sulfonamides is 1. The number of furan rings is 1. The van der Waals surface area contributed by atoms with Crippen LogP contribution in [0.25, 0.3) is 28.1 Å². The van der Waals surface area contributed by atoms with E-state index in [1.807, 2.05) is 0 Å². The van der Waals surface area contributed by atoms with Crippen LogP contribution in [0.15, 0.2) is 71.2 Å². The van der Waals surface area contributed by atoms with Gasteiger partial charge in [0.1, 0.15) is 36.1 Å². The van der Waals surface area contributed by atoms with Crippen molar-refractivity contribution in [1.29, 1.82) is 0 Å². The van der Waals surface area contributed by atoms with Gasteiger partial charge in [0, 0.05) is 48.9 Å². The molecule has 52 heavy (non-hydrogen) atoms. The molecule has 1 fully saturated rings. The van der Waals surface area contributed by atoms with E-state index in [-0.39, 0.29) is 47.4 Å². The molecule has 13 nitrogen and oxygen atoms in total. The average Bonchev–Trinajstić information content (AvgIpc) is 3.90. The highest BCUT2D eigenvalue weighted by atomic mass is 32.2. The summed E-state index contributed by atoms with van der Waals surface area (Å²) in [5, 5.41) is 18.5. The first kappa shape index (κ1) is 37.7. The Labute approximate surface area is 299 Å². The van der Waals surface area contributed by atoms with Crippen molar-refractivity contribution in [2.24, 2.45) is 0 Å². The lowest BCUT2D eigenvalue weighted by atomic mass is 10.0. The summed E-state index contributed by atoms with van der Waals surface area (Å²) in [6.07, 6.45) is 3.57. The van der Waals surface area contributed by atoms with E-state index in [1.54, 1.807) is 37.3 Å². The molecule has 0 saturated heterocycles. The number of nitrogens with one attached hydrogen (secondary N) is 3. The lowest BCUT2D eigenvalue weighted by Gasteiger charge is -2.24. The van der Waals surface area contributed by atoms with Gasteiger partial charge in [-0.3, -0.25) is 23.5 Å². The molecule has 274 valence electrons. The molecule has 4 N–H and O–H groups in total. The Hall–Kier alpha value is -5.54. The van der Waals surface area contributed by atoms with Crippen LogP contribution in [0, 0.1) is 5.82 Å². The van der Waals surface area contributed by atoms with Crippen molar-refractivity contribution < 1.29 is 46.2 Å². The second-order valence-corrected chi connectivity index (χ2v) is 14.1. The molecular formula is C37H39FN4O9S. The number of ketones is 1. The molecule has 1 aliphatic carbocycles. The van der Waals surface area contributed by atoms with Crippen molar-refractivity contribution in [3.05, 3.63) is 94.8 Å². The highest BCUT2D eigenvalue weighted by Gasteiger charge is 2.34. The third-order valence-electron chi connectivity index (χ3n) is 8.28. The number of aliphatic hydroxyl groups is 1. The highest BCUT2D eigenvalue weighted by molar-refractivity contribution is 7.92. The molecule has 3 aromatic carbocycles. The van der Waals surface area contributed by atoms with Gasteiger partial charge in [-0.15, -0.1) is 0 Å². The Morgan fingerprint density at radius 3 is 2.42 bits per heavy atom. The molecule has 1 aromatic heterocycles. The Morgan fingerprint density at radius 1 is 1.04 bits per heavy atom. The number of nitrogens with zero attached hydrogens (tertiary/aromatic N) is 1. The quantitative estimate of drug-likeness (QED) is 0.0969. The van der Waals surface area contributed by atoms with Crippen molar-refractivity contribution in [3.8, 4) is 11.3 Å². The first-order chi connectivity index (χ1) is 24.8. The van der Waals surface area contributed by atoms with Gasteiger partial charge in [0.15, 0.2) is 5.78 Å². The molecule has 4 aromatic rings. The zero-order valence-electron chi connectivity index (χ0n) is 28.8. The SMILES string of the molecule is CCOCC(=O)C=C(O)c1cccc(CNC(=O)CNC(=O)CN(c2cc3oc(-c4ccc(F)cc4)c(C(=O)NC)c3cc2C2CC2)S(C)(=O)=O)c1. The van der Waals surface area contributed by atoms with Gasteiger partial charge in [-0.05, 0) is 73.2 Å². The fourth-order valence-corrected chi connectivity index (χ4v) is 6.44. The standard InChI is InChI=1S/C37H39FN4O9S/c1-4-50-21-27(43)15-31(44)25-7-5-6-22(14-25)18-40-33(45)19-41-34(46)20-42(52(3,48)49)30-17-32-29(16-28(30)23-8-9-23)35(37(47)39-2)36(51-32)24-10-12-26(38)13-11-24/h5-7,10-17,23,44H,4,8-9,18-21H2,1-3H3,(H,39,47)(H,40,45)(H,41,46). The van der Waals surface area contributed by atoms with E-state index in [2.05, 4.69) is 16.0 Å². The fraction of sp³-hybridized carbons (Fsp3) is 0.297. The smallest absolute Gasteiger partial charge is 0.255 e. The van der Waals surface area contributed by atoms with Crippen LogP contribution in [0.3, 0.4) is 0 Å². The molecule has 5 rings (SSSR count). The minimum atomic E-state index is -4.04. The molecule has 1 saturated carbocycles. The van der Waals surface area contributed by atoms with Crippen molar-refractivity contribution in [1.82, 2.24) is 16.0 Å². The van der Waals surface area contributed by atoms with Gasteiger partial charge >= 0.3 is 0 Å². The van der Waals surface area contributed by atoms with Gasteiger partial charge in [-0.25, -0.2) is 12.8 Å². The maximum absolute atomic E-state index is 13.7. The minimum absolute atomic E-state index is 0.0225. The van der Waals surface area contributed by atoms with Crippen LogP contribution < -0.4 is 20.3 Å². The van der Waals surface area contributed by atoms with E-state index in [4.69, 9.17) is 9.15 Å². The van der Waals surface area contributed by atoms with Crippen LogP contribution in [0.4, 0.5) is 10.1 Å². The second kappa shape index (κ2) is 16.2. The summed E-state index contributed by atoms with van der Waals surface area (Å²) in [5.74, 6) is -2.71. The number of carbonyl (C=O) groups is 4. The molecule has 0 atom stereocenters. The monoisotopic (exact) mass is 734 g/mol. The number of aliphatic hydroxyl groups excluding tert-OH is 1. The van der Waals surface area contributed by atoms with E-state index in [9.17, 15) is 37.1 Å². The van der Waals surface area contributed by atoms with Crippen LogP contribution in [-0.2, 0) is 35.7 Å². The predicted octanol–water partition coefficient (Wildman–Crippen LogP) is 4.18. The molecule has 3 amide bonds. The topological polar surface area (TPSA) is 184 Å². The number of amides is 3. The highest BCUT2D eigenvalue weighted by Crippen LogP contribution is 2.48. The van der Waals surface area contributed by atoms with Crippen LogP contribution in [0.2, 0.25) is 0 Å². The first-order valence-corrected chi connectivity index (χ1v) is 18.3. The minimum Gasteiger partial charge on any atom is -0.507 e. The number of hydrogen-bond donors (Lipinski definition) is 4.